The molecule has 2 N–H and O–H groups in total. The van der Waals surface area contributed by atoms with Crippen LogP contribution in [0.15, 0.2) is 18.2 Å². The molecule has 0 fully saturated rings. The van der Waals surface area contributed by atoms with Gasteiger partial charge in [-0.25, -0.2) is 4.39 Å². The fourth-order valence-corrected chi connectivity index (χ4v) is 1.31. The summed E-state index contributed by atoms with van der Waals surface area (Å²) in [6, 6.07) is -0.0709. The Labute approximate surface area is 109 Å². The fourth-order valence-electron chi connectivity index (χ4n) is 1.13. The van der Waals surface area contributed by atoms with Crippen LogP contribution in [-0.4, -0.2) is 12.1 Å². The Hall–Kier alpha value is -0.660. The van der Waals surface area contributed by atoms with Crippen LogP contribution in [0, 0.1) is 5.82 Å². The van der Waals surface area contributed by atoms with E-state index in [1.807, 2.05) is 0 Å². The van der Waals surface area contributed by atoms with Crippen molar-refractivity contribution in [1.82, 2.24) is 0 Å². The molecule has 0 heterocycles. The van der Waals surface area contributed by atoms with Crippen molar-refractivity contribution in [2.24, 2.45) is 5.73 Å². The second-order valence-corrected chi connectivity index (χ2v) is 3.65. The summed E-state index contributed by atoms with van der Waals surface area (Å²) in [5.74, 6) is -6.62. The van der Waals surface area contributed by atoms with Crippen LogP contribution in [-0.2, 0) is 0 Å². The number of nitrogens with two attached hydrogens (primary N) is 1. The lowest BCUT2D eigenvalue weighted by Crippen LogP contribution is -2.46. The Bertz CT molecular complexity index is 420. The highest BCUT2D eigenvalue weighted by Crippen LogP contribution is 2.44. The van der Waals surface area contributed by atoms with Gasteiger partial charge in [-0.2, -0.15) is 22.0 Å². The van der Waals surface area contributed by atoms with Gasteiger partial charge in [0.05, 0.1) is 5.02 Å². The Morgan fingerprint density at radius 3 is 2.06 bits per heavy atom. The van der Waals surface area contributed by atoms with Crippen molar-refractivity contribution in [2.75, 3.05) is 0 Å². The van der Waals surface area contributed by atoms with Crippen molar-refractivity contribution in [3.8, 4) is 0 Å². The first-order valence-corrected chi connectivity index (χ1v) is 4.61. The molecule has 104 valence electrons. The van der Waals surface area contributed by atoms with Crippen molar-refractivity contribution < 1.29 is 26.3 Å². The maximum Gasteiger partial charge on any atom is 0.455 e. The normalized spacial score (nSPS) is 14.0. The minimum Gasteiger partial charge on any atom is -0.319 e. The van der Waals surface area contributed by atoms with E-state index in [1.54, 1.807) is 0 Å². The van der Waals surface area contributed by atoms with E-state index in [9.17, 15) is 26.3 Å². The summed E-state index contributed by atoms with van der Waals surface area (Å²) >= 11 is 5.27. The largest absolute Gasteiger partial charge is 0.455 e. The van der Waals surface area contributed by atoms with Crippen molar-refractivity contribution in [1.29, 1.82) is 0 Å². The molecule has 0 aromatic heterocycles. The number of hydrogen-bond acceptors (Lipinski definition) is 1. The van der Waals surface area contributed by atoms with Gasteiger partial charge in [-0.15, -0.1) is 12.4 Å². The molecular formula is C9H7Cl2F6N. The summed E-state index contributed by atoms with van der Waals surface area (Å²) in [6.45, 7) is 0. The molecule has 9 heteroatoms. The second kappa shape index (κ2) is 5.54. The third-order valence-electron chi connectivity index (χ3n) is 2.09. The fraction of sp³-hybridized carbons (Fsp3) is 0.333. The average molecular weight is 314 g/mol. The lowest BCUT2D eigenvalue weighted by Gasteiger charge is -2.26. The van der Waals surface area contributed by atoms with E-state index in [0.29, 0.717) is 0 Å². The highest BCUT2D eigenvalue weighted by Gasteiger charge is 2.62. The zero-order chi connectivity index (χ0) is 13.4. The minimum atomic E-state index is -5.86. The van der Waals surface area contributed by atoms with E-state index in [0.717, 1.165) is 18.2 Å². The molecule has 0 radical (unpaired) electrons. The zero-order valence-corrected chi connectivity index (χ0v) is 10.0. The van der Waals surface area contributed by atoms with Crippen LogP contribution in [0.2, 0.25) is 5.02 Å². The molecule has 0 aliphatic heterocycles. The topological polar surface area (TPSA) is 26.0 Å². The van der Waals surface area contributed by atoms with Crippen LogP contribution in [0.4, 0.5) is 26.3 Å². The maximum absolute atomic E-state index is 13.3. The Morgan fingerprint density at radius 2 is 1.61 bits per heavy atom. The summed E-state index contributed by atoms with van der Waals surface area (Å²) in [4.78, 5) is 0. The first kappa shape index (κ1) is 17.3. The van der Waals surface area contributed by atoms with Crippen molar-refractivity contribution in [2.45, 2.75) is 18.1 Å². The van der Waals surface area contributed by atoms with Crippen LogP contribution < -0.4 is 5.73 Å². The summed E-state index contributed by atoms with van der Waals surface area (Å²) in [7, 11) is 0. The standard InChI is InChI=1S/C9H6ClF6N.ClH/c10-5-3-1-2-4(6(5)11)7(17)8(12,13)9(14,15)16;/h1-3,7H,17H2;1H/t7-;/m1./s1. The summed E-state index contributed by atoms with van der Waals surface area (Å²) in [5, 5.41) is -0.573. The van der Waals surface area contributed by atoms with Crippen molar-refractivity contribution in [3.63, 3.8) is 0 Å². The molecule has 0 aliphatic rings. The molecule has 18 heavy (non-hydrogen) atoms. The SMILES string of the molecule is Cl.N[C@H](c1cccc(Cl)c1F)C(F)(F)C(F)(F)F. The van der Waals surface area contributed by atoms with Gasteiger partial charge in [-0.05, 0) is 6.07 Å². The highest BCUT2D eigenvalue weighted by atomic mass is 35.5. The number of halogens is 8. The number of benzene rings is 1. The molecule has 1 aromatic carbocycles. The molecule has 1 rings (SSSR count). The highest BCUT2D eigenvalue weighted by molar-refractivity contribution is 6.30. The molecule has 0 amide bonds. The molecule has 0 bridgehead atoms. The van der Waals surface area contributed by atoms with Gasteiger partial charge in [0.15, 0.2) is 0 Å². The second-order valence-electron chi connectivity index (χ2n) is 3.24. The Balaban J connectivity index is 0.00000289. The van der Waals surface area contributed by atoms with Crippen LogP contribution >= 0.6 is 24.0 Å². The minimum absolute atomic E-state index is 0. The number of alkyl halides is 5. The summed E-state index contributed by atoms with van der Waals surface area (Å²) < 4.78 is 75.0. The lowest BCUT2D eigenvalue weighted by atomic mass is 10.0. The Kier molecular flexibility index (Phi) is 5.34. The van der Waals surface area contributed by atoms with Crippen molar-refractivity contribution in [3.05, 3.63) is 34.6 Å². The van der Waals surface area contributed by atoms with Crippen LogP contribution in [0.5, 0.6) is 0 Å². The van der Waals surface area contributed by atoms with Gasteiger partial charge >= 0.3 is 12.1 Å². The van der Waals surface area contributed by atoms with Gasteiger partial charge < -0.3 is 5.73 Å². The predicted molar refractivity (Wildman–Crippen MR) is 56.6 cm³/mol. The molecule has 0 saturated carbocycles. The van der Waals surface area contributed by atoms with E-state index >= 15 is 0 Å². The van der Waals surface area contributed by atoms with Gasteiger partial charge in [0.25, 0.3) is 0 Å². The zero-order valence-electron chi connectivity index (χ0n) is 8.44. The molecule has 0 saturated heterocycles. The first-order chi connectivity index (χ1) is 7.59. The van der Waals surface area contributed by atoms with Gasteiger partial charge in [0, 0.05) is 5.56 Å². The van der Waals surface area contributed by atoms with Gasteiger partial charge in [-0.3, -0.25) is 0 Å². The summed E-state index contributed by atoms with van der Waals surface area (Å²) in [6.07, 6.45) is -5.86. The molecule has 0 aliphatic carbocycles. The predicted octanol–water partition coefficient (Wildman–Crippen LogP) is 4.10. The molecule has 1 aromatic rings. The first-order valence-electron chi connectivity index (χ1n) is 4.23. The lowest BCUT2D eigenvalue weighted by molar-refractivity contribution is -0.291. The van der Waals surface area contributed by atoms with Gasteiger partial charge in [0.2, 0.25) is 0 Å². The third-order valence-corrected chi connectivity index (χ3v) is 2.38. The number of rotatable bonds is 2. The third kappa shape index (κ3) is 3.02. The molecule has 1 nitrogen and oxygen atoms in total. The van der Waals surface area contributed by atoms with Gasteiger partial charge in [-0.1, -0.05) is 23.7 Å². The van der Waals surface area contributed by atoms with Crippen LogP contribution in [0.1, 0.15) is 11.6 Å². The molecule has 0 unspecified atom stereocenters. The van der Waals surface area contributed by atoms with E-state index in [2.05, 4.69) is 0 Å². The molecule has 1 atom stereocenters. The van der Waals surface area contributed by atoms with E-state index in [1.165, 1.54) is 0 Å². The van der Waals surface area contributed by atoms with Crippen LogP contribution in [0.25, 0.3) is 0 Å². The maximum atomic E-state index is 13.3. The molecule has 0 spiro atoms. The van der Waals surface area contributed by atoms with E-state index < -0.39 is 34.5 Å². The van der Waals surface area contributed by atoms with Crippen LogP contribution in [0.3, 0.4) is 0 Å². The van der Waals surface area contributed by atoms with Crippen molar-refractivity contribution >= 4 is 24.0 Å². The smallest absolute Gasteiger partial charge is 0.319 e. The van der Waals surface area contributed by atoms with Gasteiger partial charge in [0.1, 0.15) is 11.9 Å². The van der Waals surface area contributed by atoms with E-state index in [4.69, 9.17) is 17.3 Å². The number of hydrogen-bond donors (Lipinski definition) is 1. The quantitative estimate of drug-likeness (QED) is 0.817. The average Bonchev–Trinajstić information content (AvgIpc) is 2.19. The Morgan fingerprint density at radius 1 is 1.11 bits per heavy atom. The molecular weight excluding hydrogens is 307 g/mol. The van der Waals surface area contributed by atoms with E-state index in [-0.39, 0.29) is 12.4 Å². The monoisotopic (exact) mass is 313 g/mol. The summed E-state index contributed by atoms with van der Waals surface area (Å²) in [5.41, 5.74) is 3.77.